The Balaban J connectivity index is 1.86. The van der Waals surface area contributed by atoms with Gasteiger partial charge in [0.2, 0.25) is 5.88 Å². The standard InChI is InChI=1S/C14H16N4O/c1-19-12-7-6-11(17-18-12)13(15)10-5-4-9-3-2-8-16-14(9)10/h2-3,6-8,10,13H,4-5,15H2,1H3. The summed E-state index contributed by atoms with van der Waals surface area (Å²) < 4.78 is 5.00. The number of fused-ring (bicyclic) bond motifs is 1. The Morgan fingerprint density at radius 1 is 1.32 bits per heavy atom. The Morgan fingerprint density at radius 3 is 2.95 bits per heavy atom. The summed E-state index contributed by atoms with van der Waals surface area (Å²) in [6, 6.07) is 7.58. The maximum Gasteiger partial charge on any atom is 0.233 e. The Morgan fingerprint density at radius 2 is 2.21 bits per heavy atom. The second kappa shape index (κ2) is 4.93. The van der Waals surface area contributed by atoms with Crippen LogP contribution in [0.1, 0.15) is 35.3 Å². The molecule has 0 saturated heterocycles. The van der Waals surface area contributed by atoms with Gasteiger partial charge in [0.05, 0.1) is 18.8 Å². The number of nitrogens with zero attached hydrogens (tertiary/aromatic N) is 3. The zero-order chi connectivity index (χ0) is 13.2. The molecule has 3 rings (SSSR count). The molecule has 2 aromatic heterocycles. The lowest BCUT2D eigenvalue weighted by Crippen LogP contribution is -2.20. The van der Waals surface area contributed by atoms with Crippen molar-refractivity contribution in [3.63, 3.8) is 0 Å². The van der Waals surface area contributed by atoms with Crippen LogP contribution in [0.3, 0.4) is 0 Å². The first-order valence-electron chi connectivity index (χ1n) is 6.36. The average molecular weight is 256 g/mol. The van der Waals surface area contributed by atoms with Crippen molar-refractivity contribution < 1.29 is 4.74 Å². The average Bonchev–Trinajstić information content (AvgIpc) is 2.90. The highest BCUT2D eigenvalue weighted by Gasteiger charge is 2.30. The van der Waals surface area contributed by atoms with E-state index in [2.05, 4.69) is 21.2 Å². The van der Waals surface area contributed by atoms with Crippen LogP contribution in [0.15, 0.2) is 30.5 Å². The van der Waals surface area contributed by atoms with Gasteiger partial charge in [-0.05, 0) is 30.5 Å². The Bertz CT molecular complexity index is 570. The lowest BCUT2D eigenvalue weighted by molar-refractivity contribution is 0.389. The van der Waals surface area contributed by atoms with Gasteiger partial charge in [0, 0.05) is 23.9 Å². The summed E-state index contributed by atoms with van der Waals surface area (Å²) in [4.78, 5) is 4.47. The summed E-state index contributed by atoms with van der Waals surface area (Å²) in [5, 5.41) is 8.11. The van der Waals surface area contributed by atoms with Crippen molar-refractivity contribution in [3.05, 3.63) is 47.4 Å². The minimum absolute atomic E-state index is 0.172. The molecule has 0 bridgehead atoms. The zero-order valence-corrected chi connectivity index (χ0v) is 10.8. The van der Waals surface area contributed by atoms with Crippen molar-refractivity contribution in [2.75, 3.05) is 7.11 Å². The highest BCUT2D eigenvalue weighted by Crippen LogP contribution is 2.38. The first-order valence-corrected chi connectivity index (χ1v) is 6.36. The monoisotopic (exact) mass is 256 g/mol. The van der Waals surface area contributed by atoms with Crippen LogP contribution in [0.2, 0.25) is 0 Å². The fraction of sp³-hybridized carbons (Fsp3) is 0.357. The van der Waals surface area contributed by atoms with Gasteiger partial charge in [-0.1, -0.05) is 6.07 Å². The van der Waals surface area contributed by atoms with E-state index in [0.29, 0.717) is 5.88 Å². The predicted molar refractivity (Wildman–Crippen MR) is 70.8 cm³/mol. The molecular weight excluding hydrogens is 240 g/mol. The Kier molecular flexibility index (Phi) is 3.13. The lowest BCUT2D eigenvalue weighted by Gasteiger charge is -2.18. The number of ether oxygens (including phenoxy) is 1. The summed E-state index contributed by atoms with van der Waals surface area (Å²) in [6.07, 6.45) is 3.87. The second-order valence-electron chi connectivity index (χ2n) is 4.72. The quantitative estimate of drug-likeness (QED) is 0.903. The fourth-order valence-corrected chi connectivity index (χ4v) is 2.62. The molecule has 2 aromatic rings. The maximum atomic E-state index is 6.32. The number of hydrogen-bond donors (Lipinski definition) is 1. The van der Waals surface area contributed by atoms with Gasteiger partial charge in [-0.25, -0.2) is 0 Å². The van der Waals surface area contributed by atoms with E-state index >= 15 is 0 Å². The maximum absolute atomic E-state index is 6.32. The number of rotatable bonds is 3. The van der Waals surface area contributed by atoms with Crippen LogP contribution in [0, 0.1) is 0 Å². The molecule has 0 spiro atoms. The van der Waals surface area contributed by atoms with E-state index in [9.17, 15) is 0 Å². The van der Waals surface area contributed by atoms with E-state index in [0.717, 1.165) is 24.2 Å². The molecule has 0 radical (unpaired) electrons. The van der Waals surface area contributed by atoms with E-state index < -0.39 is 0 Å². The molecule has 2 atom stereocenters. The van der Waals surface area contributed by atoms with Gasteiger partial charge in [0.25, 0.3) is 0 Å². The summed E-state index contributed by atoms with van der Waals surface area (Å²) in [5.41, 5.74) is 9.51. The molecule has 0 aliphatic heterocycles. The number of nitrogens with two attached hydrogens (primary N) is 1. The van der Waals surface area contributed by atoms with Crippen LogP contribution in [0.5, 0.6) is 5.88 Å². The first kappa shape index (κ1) is 12.0. The van der Waals surface area contributed by atoms with Crippen molar-refractivity contribution in [1.82, 2.24) is 15.2 Å². The van der Waals surface area contributed by atoms with Crippen LogP contribution < -0.4 is 10.5 Å². The highest BCUT2D eigenvalue weighted by atomic mass is 16.5. The van der Waals surface area contributed by atoms with Crippen LogP contribution in [0.4, 0.5) is 0 Å². The Labute approximate surface area is 111 Å². The van der Waals surface area contributed by atoms with Crippen molar-refractivity contribution >= 4 is 0 Å². The first-order chi connectivity index (χ1) is 9.29. The molecule has 5 heteroatoms. The molecule has 1 aliphatic carbocycles. The number of aryl methyl sites for hydroxylation is 1. The van der Waals surface area contributed by atoms with Gasteiger partial charge in [0.15, 0.2) is 0 Å². The van der Waals surface area contributed by atoms with Crippen molar-refractivity contribution in [2.45, 2.75) is 24.8 Å². The number of methoxy groups -OCH3 is 1. The van der Waals surface area contributed by atoms with Gasteiger partial charge in [-0.2, -0.15) is 5.10 Å². The van der Waals surface area contributed by atoms with Gasteiger partial charge >= 0.3 is 0 Å². The molecule has 0 aromatic carbocycles. The molecule has 2 unspecified atom stereocenters. The summed E-state index contributed by atoms with van der Waals surface area (Å²) in [6.45, 7) is 0. The third-order valence-electron chi connectivity index (χ3n) is 3.65. The highest BCUT2D eigenvalue weighted by molar-refractivity contribution is 5.31. The second-order valence-corrected chi connectivity index (χ2v) is 4.72. The summed E-state index contributed by atoms with van der Waals surface area (Å²) >= 11 is 0. The lowest BCUT2D eigenvalue weighted by atomic mass is 9.95. The fourth-order valence-electron chi connectivity index (χ4n) is 2.62. The van der Waals surface area contributed by atoms with E-state index in [1.54, 1.807) is 13.2 Å². The molecule has 2 heterocycles. The minimum Gasteiger partial charge on any atom is -0.480 e. The van der Waals surface area contributed by atoms with Gasteiger partial charge < -0.3 is 10.5 Å². The number of aromatic nitrogens is 3. The molecule has 98 valence electrons. The van der Waals surface area contributed by atoms with E-state index in [4.69, 9.17) is 10.5 Å². The van der Waals surface area contributed by atoms with E-state index in [-0.39, 0.29) is 12.0 Å². The number of hydrogen-bond acceptors (Lipinski definition) is 5. The van der Waals surface area contributed by atoms with Crippen LogP contribution in [-0.2, 0) is 6.42 Å². The topological polar surface area (TPSA) is 73.9 Å². The molecule has 0 fully saturated rings. The third-order valence-corrected chi connectivity index (χ3v) is 3.65. The van der Waals surface area contributed by atoms with Gasteiger partial charge in [-0.15, -0.1) is 5.10 Å². The molecule has 0 saturated carbocycles. The smallest absolute Gasteiger partial charge is 0.233 e. The normalized spacial score (nSPS) is 18.9. The molecule has 0 amide bonds. The Hall–Kier alpha value is -2.01. The summed E-state index contributed by atoms with van der Waals surface area (Å²) in [5.74, 6) is 0.722. The third kappa shape index (κ3) is 2.17. The van der Waals surface area contributed by atoms with Crippen molar-refractivity contribution in [3.8, 4) is 5.88 Å². The van der Waals surface area contributed by atoms with E-state index in [1.807, 2.05) is 18.3 Å². The predicted octanol–water partition coefficient (Wildman–Crippen LogP) is 1.61. The molecule has 2 N–H and O–H groups in total. The number of pyridine rings is 1. The molecular formula is C14H16N4O. The van der Waals surface area contributed by atoms with Gasteiger partial charge in [-0.3, -0.25) is 4.98 Å². The minimum atomic E-state index is -0.172. The van der Waals surface area contributed by atoms with E-state index in [1.165, 1.54) is 5.56 Å². The van der Waals surface area contributed by atoms with Crippen LogP contribution in [-0.4, -0.2) is 22.3 Å². The SMILES string of the molecule is COc1ccc(C(N)C2CCc3cccnc32)nn1. The van der Waals surface area contributed by atoms with Crippen LogP contribution >= 0.6 is 0 Å². The van der Waals surface area contributed by atoms with Crippen molar-refractivity contribution in [2.24, 2.45) is 5.73 Å². The molecule has 19 heavy (non-hydrogen) atoms. The zero-order valence-electron chi connectivity index (χ0n) is 10.8. The summed E-state index contributed by atoms with van der Waals surface area (Å²) in [7, 11) is 1.57. The molecule has 1 aliphatic rings. The van der Waals surface area contributed by atoms with Gasteiger partial charge in [0.1, 0.15) is 0 Å². The molecule has 5 nitrogen and oxygen atoms in total. The van der Waals surface area contributed by atoms with Crippen molar-refractivity contribution in [1.29, 1.82) is 0 Å². The largest absolute Gasteiger partial charge is 0.480 e. The van der Waals surface area contributed by atoms with Crippen LogP contribution in [0.25, 0.3) is 0 Å².